The Labute approximate surface area is 126 Å². The predicted octanol–water partition coefficient (Wildman–Crippen LogP) is 4.54. The Hall–Kier alpha value is -1.78. The van der Waals surface area contributed by atoms with Crippen molar-refractivity contribution in [1.82, 2.24) is 0 Å². The zero-order valence-electron chi connectivity index (χ0n) is 10.7. The maximum atomic E-state index is 11.1. The van der Waals surface area contributed by atoms with Gasteiger partial charge in [-0.3, -0.25) is 10.1 Å². The quantitative estimate of drug-likeness (QED) is 0.615. The molecule has 0 fully saturated rings. The van der Waals surface area contributed by atoms with Crippen LogP contribution in [0.15, 0.2) is 42.5 Å². The van der Waals surface area contributed by atoms with Crippen LogP contribution in [0.4, 0.5) is 11.4 Å². The molecule has 0 spiro atoms. The van der Waals surface area contributed by atoms with E-state index in [2.05, 4.69) is 0 Å². The molecule has 0 unspecified atom stereocenters. The van der Waals surface area contributed by atoms with Gasteiger partial charge in [-0.15, -0.1) is 0 Å². The van der Waals surface area contributed by atoms with Gasteiger partial charge < -0.3 is 4.90 Å². The molecule has 2 aromatic carbocycles. The lowest BCUT2D eigenvalue weighted by Crippen LogP contribution is -2.18. The molecule has 2 rings (SSSR count). The van der Waals surface area contributed by atoms with E-state index in [9.17, 15) is 10.1 Å². The van der Waals surface area contributed by atoms with E-state index in [0.29, 0.717) is 17.3 Å². The molecule has 2 aromatic rings. The van der Waals surface area contributed by atoms with E-state index in [1.807, 2.05) is 18.2 Å². The van der Waals surface area contributed by atoms with Crippen molar-refractivity contribution in [3.63, 3.8) is 0 Å². The third-order valence-corrected chi connectivity index (χ3v) is 3.60. The molecule has 0 atom stereocenters. The lowest BCUT2D eigenvalue weighted by molar-refractivity contribution is -0.384. The van der Waals surface area contributed by atoms with Crippen molar-refractivity contribution < 1.29 is 4.92 Å². The summed E-state index contributed by atoms with van der Waals surface area (Å²) in [6.07, 6.45) is 0. The maximum absolute atomic E-state index is 11.1. The lowest BCUT2D eigenvalue weighted by atomic mass is 10.2. The molecule has 4 nitrogen and oxygen atoms in total. The largest absolute Gasteiger partial charge is 0.365 e. The van der Waals surface area contributed by atoms with Gasteiger partial charge in [0, 0.05) is 18.6 Å². The summed E-state index contributed by atoms with van der Waals surface area (Å²) in [5, 5.41) is 11.9. The first-order valence-corrected chi connectivity index (χ1v) is 6.63. The molecule has 0 saturated heterocycles. The highest BCUT2D eigenvalue weighted by molar-refractivity contribution is 6.33. The van der Waals surface area contributed by atoms with E-state index in [1.165, 1.54) is 6.07 Å². The fraction of sp³-hybridized carbons (Fsp3) is 0.143. The Morgan fingerprint density at radius 3 is 2.40 bits per heavy atom. The summed E-state index contributed by atoms with van der Waals surface area (Å²) in [7, 11) is 1.77. The highest BCUT2D eigenvalue weighted by Crippen LogP contribution is 2.35. The minimum atomic E-state index is -0.471. The number of hydrogen-bond donors (Lipinski definition) is 0. The molecule has 20 heavy (non-hydrogen) atoms. The number of benzene rings is 2. The third-order valence-electron chi connectivity index (χ3n) is 2.92. The molecule has 104 valence electrons. The van der Waals surface area contributed by atoms with Crippen LogP contribution < -0.4 is 4.90 Å². The van der Waals surface area contributed by atoms with Gasteiger partial charge in [0.1, 0.15) is 10.7 Å². The third kappa shape index (κ3) is 3.03. The van der Waals surface area contributed by atoms with Crippen LogP contribution >= 0.6 is 23.2 Å². The molecule has 0 aliphatic heterocycles. The summed E-state index contributed by atoms with van der Waals surface area (Å²) in [5.41, 5.74) is 1.26. The van der Waals surface area contributed by atoms with Gasteiger partial charge in [-0.05, 0) is 23.8 Å². The molecule has 0 amide bonds. The Bertz CT molecular complexity index is 647. The zero-order chi connectivity index (χ0) is 14.7. The number of anilines is 1. The van der Waals surface area contributed by atoms with E-state index in [1.54, 1.807) is 30.1 Å². The minimum Gasteiger partial charge on any atom is -0.365 e. The van der Waals surface area contributed by atoms with Gasteiger partial charge in [-0.1, -0.05) is 47.5 Å². The Balaban J connectivity index is 2.35. The number of nitrogens with zero attached hydrogens (tertiary/aromatic N) is 2. The second-order valence-corrected chi connectivity index (χ2v) is 5.13. The zero-order valence-corrected chi connectivity index (χ0v) is 12.2. The molecule has 0 bridgehead atoms. The van der Waals surface area contributed by atoms with Crippen LogP contribution in [-0.4, -0.2) is 12.0 Å². The molecule has 0 heterocycles. The van der Waals surface area contributed by atoms with Gasteiger partial charge in [0.25, 0.3) is 0 Å². The molecular weight excluding hydrogens is 299 g/mol. The molecule has 0 aliphatic rings. The van der Waals surface area contributed by atoms with Gasteiger partial charge >= 0.3 is 5.69 Å². The first-order valence-electron chi connectivity index (χ1n) is 5.88. The summed E-state index contributed by atoms with van der Waals surface area (Å²) >= 11 is 12.0. The van der Waals surface area contributed by atoms with Crippen molar-refractivity contribution in [3.05, 3.63) is 68.2 Å². The fourth-order valence-corrected chi connectivity index (χ4v) is 2.39. The molecule has 0 radical (unpaired) electrons. The van der Waals surface area contributed by atoms with E-state index in [4.69, 9.17) is 23.2 Å². The standard InChI is InChI=1S/C14H12Cl2N2O2/c1-17(9-10-5-2-3-6-11(10)15)13-8-4-7-12(16)14(13)18(19)20/h2-8H,9H2,1H3. The second-order valence-electron chi connectivity index (χ2n) is 4.31. The molecule has 0 N–H and O–H groups in total. The van der Waals surface area contributed by atoms with Gasteiger partial charge in [-0.2, -0.15) is 0 Å². The molecule has 6 heteroatoms. The minimum absolute atomic E-state index is 0.0938. The Morgan fingerprint density at radius 2 is 1.75 bits per heavy atom. The van der Waals surface area contributed by atoms with Crippen LogP contribution in [0.25, 0.3) is 0 Å². The summed E-state index contributed by atoms with van der Waals surface area (Å²) < 4.78 is 0. The normalized spacial score (nSPS) is 10.3. The van der Waals surface area contributed by atoms with Crippen LogP contribution in [-0.2, 0) is 6.54 Å². The number of halogens is 2. The van der Waals surface area contributed by atoms with Crippen molar-refractivity contribution >= 4 is 34.6 Å². The summed E-state index contributed by atoms with van der Waals surface area (Å²) in [5.74, 6) is 0. The lowest BCUT2D eigenvalue weighted by Gasteiger charge is -2.20. The number of nitro groups is 1. The first kappa shape index (κ1) is 14.6. The van der Waals surface area contributed by atoms with E-state index < -0.39 is 4.92 Å². The monoisotopic (exact) mass is 310 g/mol. The van der Waals surface area contributed by atoms with Crippen molar-refractivity contribution in [3.8, 4) is 0 Å². The van der Waals surface area contributed by atoms with E-state index in [-0.39, 0.29) is 10.7 Å². The van der Waals surface area contributed by atoms with Crippen molar-refractivity contribution in [2.24, 2.45) is 0 Å². The SMILES string of the molecule is CN(Cc1ccccc1Cl)c1cccc(Cl)c1[N+](=O)[O-]. The van der Waals surface area contributed by atoms with Gasteiger partial charge in [0.2, 0.25) is 0 Å². The molecule has 0 saturated carbocycles. The van der Waals surface area contributed by atoms with E-state index in [0.717, 1.165) is 5.56 Å². The summed E-state index contributed by atoms with van der Waals surface area (Å²) in [4.78, 5) is 12.4. The maximum Gasteiger partial charge on any atom is 0.310 e. The number of rotatable bonds is 4. The topological polar surface area (TPSA) is 46.4 Å². The van der Waals surface area contributed by atoms with Crippen LogP contribution in [0, 0.1) is 10.1 Å². The smallest absolute Gasteiger partial charge is 0.310 e. The molecular formula is C14H12Cl2N2O2. The fourth-order valence-electron chi connectivity index (χ4n) is 1.96. The first-order chi connectivity index (χ1) is 9.50. The number of para-hydroxylation sites is 1. The molecule has 0 aliphatic carbocycles. The average Bonchev–Trinajstić information content (AvgIpc) is 2.40. The van der Waals surface area contributed by atoms with Gasteiger partial charge in [-0.25, -0.2) is 0 Å². The van der Waals surface area contributed by atoms with Crippen molar-refractivity contribution in [2.45, 2.75) is 6.54 Å². The van der Waals surface area contributed by atoms with Gasteiger partial charge in [0.15, 0.2) is 0 Å². The van der Waals surface area contributed by atoms with Crippen molar-refractivity contribution in [1.29, 1.82) is 0 Å². The van der Waals surface area contributed by atoms with Gasteiger partial charge in [0.05, 0.1) is 4.92 Å². The number of nitro benzene ring substituents is 1. The van der Waals surface area contributed by atoms with E-state index >= 15 is 0 Å². The Kier molecular flexibility index (Phi) is 4.47. The summed E-state index contributed by atoms with van der Waals surface area (Å²) in [6, 6.07) is 12.3. The predicted molar refractivity (Wildman–Crippen MR) is 81.7 cm³/mol. The van der Waals surface area contributed by atoms with Crippen LogP contribution in [0.1, 0.15) is 5.56 Å². The van der Waals surface area contributed by atoms with Crippen LogP contribution in [0.3, 0.4) is 0 Å². The molecule has 0 aromatic heterocycles. The second kappa shape index (κ2) is 6.11. The highest BCUT2D eigenvalue weighted by Gasteiger charge is 2.21. The average molecular weight is 311 g/mol. The van der Waals surface area contributed by atoms with Crippen molar-refractivity contribution in [2.75, 3.05) is 11.9 Å². The highest BCUT2D eigenvalue weighted by atomic mass is 35.5. The van der Waals surface area contributed by atoms with Crippen LogP contribution in [0.2, 0.25) is 10.0 Å². The number of hydrogen-bond acceptors (Lipinski definition) is 3. The van der Waals surface area contributed by atoms with Crippen LogP contribution in [0.5, 0.6) is 0 Å². The Morgan fingerprint density at radius 1 is 1.10 bits per heavy atom. The summed E-state index contributed by atoms with van der Waals surface area (Å²) in [6.45, 7) is 0.459.